The van der Waals surface area contributed by atoms with Crippen molar-refractivity contribution in [3.8, 4) is 0 Å². The van der Waals surface area contributed by atoms with Crippen molar-refractivity contribution >= 4 is 17.9 Å². The lowest BCUT2D eigenvalue weighted by Gasteiger charge is -2.18. The normalized spacial score (nSPS) is 13.1. The zero-order valence-corrected chi connectivity index (χ0v) is 38.4. The third-order valence-corrected chi connectivity index (χ3v) is 9.64. The van der Waals surface area contributed by atoms with E-state index in [0.717, 1.165) is 103 Å². The van der Waals surface area contributed by atoms with Crippen LogP contribution >= 0.6 is 0 Å². The van der Waals surface area contributed by atoms with E-state index in [9.17, 15) is 14.4 Å². The Morgan fingerprint density at radius 3 is 1.27 bits per heavy atom. The van der Waals surface area contributed by atoms with Crippen LogP contribution in [0.1, 0.15) is 194 Å². The number of unbranched alkanes of at least 4 members (excludes halogenated alkanes) is 17. The Morgan fingerprint density at radius 2 is 0.767 bits per heavy atom. The van der Waals surface area contributed by atoms with Gasteiger partial charge in [0.05, 0.1) is 6.42 Å². The average Bonchev–Trinajstić information content (AvgIpc) is 3.24. The van der Waals surface area contributed by atoms with Crippen molar-refractivity contribution in [3.63, 3.8) is 0 Å². The molecule has 0 radical (unpaired) electrons. The Balaban J connectivity index is 4.49. The lowest BCUT2D eigenvalue weighted by molar-refractivity contribution is -0.166. The summed E-state index contributed by atoms with van der Waals surface area (Å²) in [5, 5.41) is 0. The number of esters is 3. The zero-order valence-electron chi connectivity index (χ0n) is 38.4. The van der Waals surface area contributed by atoms with Crippen molar-refractivity contribution < 1.29 is 28.6 Å². The lowest BCUT2D eigenvalue weighted by atomic mass is 10.1. The predicted molar refractivity (Wildman–Crippen MR) is 256 cm³/mol. The van der Waals surface area contributed by atoms with Crippen LogP contribution in [0, 0.1) is 0 Å². The Morgan fingerprint density at radius 1 is 0.383 bits per heavy atom. The largest absolute Gasteiger partial charge is 0.462 e. The number of ether oxygens (including phenoxy) is 3. The number of carbonyl (C=O) groups is 3. The van der Waals surface area contributed by atoms with Gasteiger partial charge in [-0.3, -0.25) is 14.4 Å². The summed E-state index contributed by atoms with van der Waals surface area (Å²) in [5.41, 5.74) is 0. The van der Waals surface area contributed by atoms with Gasteiger partial charge in [0, 0.05) is 12.8 Å². The molecule has 1 atom stereocenters. The summed E-state index contributed by atoms with van der Waals surface area (Å²) in [5.74, 6) is -1.10. The van der Waals surface area contributed by atoms with Crippen LogP contribution in [0.15, 0.2) is 109 Å². The van der Waals surface area contributed by atoms with Gasteiger partial charge in [-0.05, 0) is 83.5 Å². The average molecular weight is 831 g/mol. The summed E-state index contributed by atoms with van der Waals surface area (Å²) >= 11 is 0. The highest BCUT2D eigenvalue weighted by Crippen LogP contribution is 2.12. The standard InChI is InChI=1S/C54H86O6/c1-4-7-10-13-16-19-21-23-25-26-27-29-30-32-35-38-41-44-47-53(56)59-50-51(49-58-52(55)46-43-40-37-34-18-15-12-9-6-3)60-54(57)48-45-42-39-36-33-31-28-24-22-20-17-14-11-8-5-2/h9,12,16-27,29,34,40,43,51H,4-8,10-11,13-15,28,30-33,35-39,41-42,44-50H2,1-3H3/b12-9-,19-16-,20-17-,23-21-,24-22-,26-25-,29-27-,34-18-,43-40-. The fraction of sp³-hybridized carbons (Fsp3) is 0.611. The maximum Gasteiger partial charge on any atom is 0.309 e. The summed E-state index contributed by atoms with van der Waals surface area (Å²) < 4.78 is 16.6. The van der Waals surface area contributed by atoms with Gasteiger partial charge in [-0.15, -0.1) is 0 Å². The lowest BCUT2D eigenvalue weighted by Crippen LogP contribution is -2.30. The Kier molecular flexibility index (Phi) is 44.6. The first-order valence-electron chi connectivity index (χ1n) is 24.0. The van der Waals surface area contributed by atoms with Gasteiger partial charge >= 0.3 is 17.9 Å². The summed E-state index contributed by atoms with van der Waals surface area (Å²) in [6.07, 6.45) is 63.8. The molecule has 0 spiro atoms. The maximum absolute atomic E-state index is 12.7. The van der Waals surface area contributed by atoms with Gasteiger partial charge in [-0.25, -0.2) is 0 Å². The Labute approximate surface area is 368 Å². The van der Waals surface area contributed by atoms with Gasteiger partial charge in [0.25, 0.3) is 0 Å². The highest BCUT2D eigenvalue weighted by Gasteiger charge is 2.19. The summed E-state index contributed by atoms with van der Waals surface area (Å²) in [4.78, 5) is 37.7. The van der Waals surface area contributed by atoms with E-state index >= 15 is 0 Å². The molecule has 1 unspecified atom stereocenters. The number of allylic oxidation sites excluding steroid dienone is 17. The first-order valence-corrected chi connectivity index (χ1v) is 24.0. The van der Waals surface area contributed by atoms with Crippen molar-refractivity contribution in [2.75, 3.05) is 13.2 Å². The van der Waals surface area contributed by atoms with Crippen LogP contribution in [0.5, 0.6) is 0 Å². The smallest absolute Gasteiger partial charge is 0.309 e. The first kappa shape index (κ1) is 56.1. The highest BCUT2D eigenvalue weighted by atomic mass is 16.6. The highest BCUT2D eigenvalue weighted by molar-refractivity contribution is 5.72. The minimum Gasteiger partial charge on any atom is -0.462 e. The molecule has 0 saturated heterocycles. The number of hydrogen-bond donors (Lipinski definition) is 0. The van der Waals surface area contributed by atoms with Crippen LogP contribution in [0.25, 0.3) is 0 Å². The molecule has 6 heteroatoms. The topological polar surface area (TPSA) is 78.9 Å². The van der Waals surface area contributed by atoms with Gasteiger partial charge in [0.2, 0.25) is 0 Å². The van der Waals surface area contributed by atoms with Crippen molar-refractivity contribution in [1.29, 1.82) is 0 Å². The van der Waals surface area contributed by atoms with Crippen LogP contribution in [0.4, 0.5) is 0 Å². The first-order chi connectivity index (χ1) is 29.5. The van der Waals surface area contributed by atoms with Gasteiger partial charge < -0.3 is 14.2 Å². The van der Waals surface area contributed by atoms with Gasteiger partial charge in [-0.2, -0.15) is 0 Å². The number of carbonyl (C=O) groups excluding carboxylic acids is 3. The Hall–Kier alpha value is -3.93. The third-order valence-electron chi connectivity index (χ3n) is 9.64. The molecule has 0 rings (SSSR count). The summed E-state index contributed by atoms with van der Waals surface area (Å²) in [6, 6.07) is 0. The fourth-order valence-corrected chi connectivity index (χ4v) is 6.03. The number of rotatable bonds is 41. The van der Waals surface area contributed by atoms with Crippen LogP contribution in [-0.2, 0) is 28.6 Å². The second-order valence-electron chi connectivity index (χ2n) is 15.4. The van der Waals surface area contributed by atoms with E-state index in [1.807, 2.05) is 6.08 Å². The van der Waals surface area contributed by atoms with Crippen LogP contribution < -0.4 is 0 Å². The molecule has 6 nitrogen and oxygen atoms in total. The molecule has 0 aliphatic heterocycles. The molecule has 0 fully saturated rings. The Bertz CT molecular complexity index is 1280. The molecule has 0 aliphatic carbocycles. The van der Waals surface area contributed by atoms with E-state index in [4.69, 9.17) is 14.2 Å². The van der Waals surface area contributed by atoms with E-state index in [2.05, 4.69) is 118 Å². The molecular formula is C54H86O6. The minimum absolute atomic E-state index is 0.124. The molecule has 0 aromatic carbocycles. The summed E-state index contributed by atoms with van der Waals surface area (Å²) in [6.45, 7) is 6.30. The molecule has 0 amide bonds. The van der Waals surface area contributed by atoms with Gasteiger partial charge in [-0.1, -0.05) is 201 Å². The molecule has 0 aromatic heterocycles. The van der Waals surface area contributed by atoms with E-state index in [0.29, 0.717) is 6.42 Å². The molecular weight excluding hydrogens is 745 g/mol. The molecule has 0 aliphatic rings. The second kappa shape index (κ2) is 47.7. The maximum atomic E-state index is 12.7. The van der Waals surface area contributed by atoms with E-state index in [1.54, 1.807) is 6.08 Å². The second-order valence-corrected chi connectivity index (χ2v) is 15.4. The zero-order chi connectivity index (χ0) is 43.7. The monoisotopic (exact) mass is 831 g/mol. The fourth-order valence-electron chi connectivity index (χ4n) is 6.03. The SMILES string of the molecule is CC/C=C\C/C=C\C/C=C\CC(=O)OCC(COC(=O)CCCCCCC\C=C/C=C\C=C/C=C\CCCCC)OC(=O)CCCCCCCC/C=C\C=C/CCCCC. The quantitative estimate of drug-likeness (QED) is 0.0201. The molecule has 338 valence electrons. The van der Waals surface area contributed by atoms with Crippen LogP contribution in [0.3, 0.4) is 0 Å². The van der Waals surface area contributed by atoms with Crippen molar-refractivity contribution in [1.82, 2.24) is 0 Å². The molecule has 0 bridgehead atoms. The molecule has 0 heterocycles. The van der Waals surface area contributed by atoms with Crippen LogP contribution in [-0.4, -0.2) is 37.2 Å². The number of hydrogen-bond acceptors (Lipinski definition) is 6. The summed E-state index contributed by atoms with van der Waals surface area (Å²) in [7, 11) is 0. The van der Waals surface area contributed by atoms with E-state index < -0.39 is 12.1 Å². The molecule has 0 saturated carbocycles. The van der Waals surface area contributed by atoms with Crippen molar-refractivity contribution in [3.05, 3.63) is 109 Å². The van der Waals surface area contributed by atoms with E-state index in [-0.39, 0.29) is 38.0 Å². The molecule has 60 heavy (non-hydrogen) atoms. The molecule has 0 aromatic rings. The minimum atomic E-state index is -0.830. The van der Waals surface area contributed by atoms with Crippen molar-refractivity contribution in [2.24, 2.45) is 0 Å². The molecule has 0 N–H and O–H groups in total. The van der Waals surface area contributed by atoms with E-state index in [1.165, 1.54) is 51.4 Å². The third kappa shape index (κ3) is 45.2. The predicted octanol–water partition coefficient (Wildman–Crippen LogP) is 15.6. The van der Waals surface area contributed by atoms with Gasteiger partial charge in [0.1, 0.15) is 13.2 Å². The van der Waals surface area contributed by atoms with Gasteiger partial charge in [0.15, 0.2) is 6.10 Å². The van der Waals surface area contributed by atoms with Crippen LogP contribution in [0.2, 0.25) is 0 Å². The van der Waals surface area contributed by atoms with Crippen molar-refractivity contribution in [2.45, 2.75) is 200 Å².